The van der Waals surface area contributed by atoms with Crippen molar-refractivity contribution in [1.29, 1.82) is 0 Å². The van der Waals surface area contributed by atoms with Crippen LogP contribution in [0.25, 0.3) is 0 Å². The molecule has 0 saturated carbocycles. The van der Waals surface area contributed by atoms with E-state index in [0.717, 1.165) is 6.42 Å². The maximum absolute atomic E-state index is 10.6. The van der Waals surface area contributed by atoms with Crippen molar-refractivity contribution >= 4 is 11.4 Å². The molecule has 0 spiro atoms. The van der Waals surface area contributed by atoms with Gasteiger partial charge in [-0.15, -0.1) is 0 Å². The molecule has 0 unspecified atom stereocenters. The minimum Gasteiger partial charge on any atom is -0.488 e. The van der Waals surface area contributed by atoms with Crippen molar-refractivity contribution in [2.24, 2.45) is 0 Å². The molecule has 0 aromatic heterocycles. The number of rotatable bonds is 4. The largest absolute Gasteiger partial charge is 0.488 e. The average Bonchev–Trinajstić information content (AvgIpc) is 2.16. The van der Waals surface area contributed by atoms with Gasteiger partial charge in [0.05, 0.1) is 11.0 Å². The third-order valence-corrected chi connectivity index (χ3v) is 2.37. The first-order valence-electron chi connectivity index (χ1n) is 5.08. The number of non-ortho nitro benzene ring substituents is 1. The second kappa shape index (κ2) is 4.38. The number of benzene rings is 1. The fraction of sp³-hybridized carbons (Fsp3) is 0.455. The Morgan fingerprint density at radius 1 is 1.44 bits per heavy atom. The molecule has 0 saturated heterocycles. The van der Waals surface area contributed by atoms with E-state index in [9.17, 15) is 10.1 Å². The van der Waals surface area contributed by atoms with Crippen LogP contribution in [-0.2, 0) is 0 Å². The van der Waals surface area contributed by atoms with Gasteiger partial charge in [0.15, 0.2) is 0 Å². The van der Waals surface area contributed by atoms with E-state index >= 15 is 0 Å². The highest BCUT2D eigenvalue weighted by Crippen LogP contribution is 2.27. The Hall–Kier alpha value is -1.78. The Balaban J connectivity index is 3.01. The molecule has 0 bridgehead atoms. The van der Waals surface area contributed by atoms with Crippen molar-refractivity contribution < 1.29 is 9.66 Å². The maximum atomic E-state index is 10.6. The molecular formula is C11H16N2O3. The fourth-order valence-corrected chi connectivity index (χ4v) is 1.16. The molecular weight excluding hydrogens is 208 g/mol. The molecule has 5 heteroatoms. The number of hydrogen-bond acceptors (Lipinski definition) is 4. The molecule has 5 nitrogen and oxygen atoms in total. The van der Waals surface area contributed by atoms with Crippen molar-refractivity contribution in [1.82, 2.24) is 0 Å². The Bertz CT molecular complexity index is 402. The van der Waals surface area contributed by atoms with Crippen molar-refractivity contribution in [2.75, 3.05) is 5.73 Å². The van der Waals surface area contributed by atoms with Crippen molar-refractivity contribution in [3.63, 3.8) is 0 Å². The lowest BCUT2D eigenvalue weighted by Gasteiger charge is -2.24. The van der Waals surface area contributed by atoms with Gasteiger partial charge >= 0.3 is 0 Å². The van der Waals surface area contributed by atoms with E-state index in [2.05, 4.69) is 0 Å². The van der Waals surface area contributed by atoms with Gasteiger partial charge in [-0.2, -0.15) is 0 Å². The van der Waals surface area contributed by atoms with Crippen LogP contribution in [0.2, 0.25) is 0 Å². The van der Waals surface area contributed by atoms with Crippen molar-refractivity contribution in [2.45, 2.75) is 32.8 Å². The zero-order valence-electron chi connectivity index (χ0n) is 9.69. The average molecular weight is 224 g/mol. The highest BCUT2D eigenvalue weighted by Gasteiger charge is 2.18. The summed E-state index contributed by atoms with van der Waals surface area (Å²) in [5, 5.41) is 10.6. The fourth-order valence-electron chi connectivity index (χ4n) is 1.16. The monoisotopic (exact) mass is 224 g/mol. The second-order valence-electron chi connectivity index (χ2n) is 4.23. The molecule has 0 atom stereocenters. The number of nitro benzene ring substituents is 1. The summed E-state index contributed by atoms with van der Waals surface area (Å²) in [4.78, 5) is 10.2. The first kappa shape index (κ1) is 12.3. The Morgan fingerprint density at radius 2 is 2.06 bits per heavy atom. The SMILES string of the molecule is CCC(C)(C)Oc1cc(N)cc([N+](=O)[O-])c1. The van der Waals surface area contributed by atoms with Gasteiger partial charge in [-0.05, 0) is 20.3 Å². The van der Waals surface area contributed by atoms with E-state index in [4.69, 9.17) is 10.5 Å². The standard InChI is InChI=1S/C11H16N2O3/c1-4-11(2,3)16-10-6-8(12)5-9(7-10)13(14)15/h5-7H,4,12H2,1-3H3. The normalized spacial score (nSPS) is 11.2. The predicted molar refractivity (Wildman–Crippen MR) is 62.5 cm³/mol. The minimum absolute atomic E-state index is 0.0538. The molecule has 16 heavy (non-hydrogen) atoms. The molecule has 0 amide bonds. The van der Waals surface area contributed by atoms with E-state index < -0.39 is 4.92 Å². The Kier molecular flexibility index (Phi) is 3.37. The molecule has 1 aromatic carbocycles. The van der Waals surface area contributed by atoms with Crippen LogP contribution >= 0.6 is 0 Å². The highest BCUT2D eigenvalue weighted by atomic mass is 16.6. The molecule has 0 fully saturated rings. The quantitative estimate of drug-likeness (QED) is 0.484. The van der Waals surface area contributed by atoms with Gasteiger partial charge in [0.1, 0.15) is 11.4 Å². The number of hydrogen-bond donors (Lipinski definition) is 1. The summed E-state index contributed by atoms with van der Waals surface area (Å²) in [5.41, 5.74) is 5.49. The summed E-state index contributed by atoms with van der Waals surface area (Å²) in [5.74, 6) is 0.429. The lowest BCUT2D eigenvalue weighted by atomic mass is 10.1. The number of nitro groups is 1. The summed E-state index contributed by atoms with van der Waals surface area (Å²) in [6, 6.07) is 4.28. The molecule has 88 valence electrons. The van der Waals surface area contributed by atoms with Crippen LogP contribution in [0.15, 0.2) is 18.2 Å². The van der Waals surface area contributed by atoms with Gasteiger partial charge in [-0.1, -0.05) is 6.92 Å². The summed E-state index contributed by atoms with van der Waals surface area (Å²) < 4.78 is 5.64. The molecule has 0 heterocycles. The molecule has 0 aliphatic carbocycles. The van der Waals surface area contributed by atoms with Crippen LogP contribution in [0.3, 0.4) is 0 Å². The van der Waals surface area contributed by atoms with Gasteiger partial charge in [0.25, 0.3) is 5.69 Å². The van der Waals surface area contributed by atoms with Gasteiger partial charge in [0.2, 0.25) is 0 Å². The van der Waals surface area contributed by atoms with Gasteiger partial charge in [-0.25, -0.2) is 0 Å². The van der Waals surface area contributed by atoms with Gasteiger partial charge in [0, 0.05) is 17.8 Å². The van der Waals surface area contributed by atoms with Crippen molar-refractivity contribution in [3.05, 3.63) is 28.3 Å². The molecule has 0 radical (unpaired) electrons. The van der Waals surface area contributed by atoms with Gasteiger partial charge in [-0.3, -0.25) is 10.1 Å². The summed E-state index contributed by atoms with van der Waals surface area (Å²) in [6.45, 7) is 5.82. The topological polar surface area (TPSA) is 78.4 Å². The summed E-state index contributed by atoms with van der Waals surface area (Å²) >= 11 is 0. The van der Waals surface area contributed by atoms with E-state index in [1.807, 2.05) is 20.8 Å². The van der Waals surface area contributed by atoms with Crippen LogP contribution in [0.5, 0.6) is 5.75 Å². The van der Waals surface area contributed by atoms with Crippen LogP contribution < -0.4 is 10.5 Å². The zero-order valence-corrected chi connectivity index (χ0v) is 9.69. The predicted octanol–water partition coefficient (Wildman–Crippen LogP) is 2.74. The summed E-state index contributed by atoms with van der Waals surface area (Å²) in [7, 11) is 0. The molecule has 2 N–H and O–H groups in total. The first-order valence-corrected chi connectivity index (χ1v) is 5.08. The lowest BCUT2D eigenvalue weighted by molar-refractivity contribution is -0.384. The van der Waals surface area contributed by atoms with Crippen LogP contribution in [0, 0.1) is 10.1 Å². The number of nitrogens with zero attached hydrogens (tertiary/aromatic N) is 1. The summed E-state index contributed by atoms with van der Waals surface area (Å²) in [6.07, 6.45) is 0.801. The lowest BCUT2D eigenvalue weighted by Crippen LogP contribution is -2.26. The number of anilines is 1. The van der Waals surface area contributed by atoms with Crippen LogP contribution in [0.4, 0.5) is 11.4 Å². The minimum atomic E-state index is -0.484. The molecule has 1 rings (SSSR count). The third kappa shape index (κ3) is 3.12. The third-order valence-electron chi connectivity index (χ3n) is 2.37. The van der Waals surface area contributed by atoms with E-state index in [1.54, 1.807) is 6.07 Å². The van der Waals surface area contributed by atoms with E-state index in [-0.39, 0.29) is 11.3 Å². The Morgan fingerprint density at radius 3 is 2.56 bits per heavy atom. The second-order valence-corrected chi connectivity index (χ2v) is 4.23. The van der Waals surface area contributed by atoms with Crippen LogP contribution in [0.1, 0.15) is 27.2 Å². The smallest absolute Gasteiger partial charge is 0.275 e. The van der Waals surface area contributed by atoms with Crippen molar-refractivity contribution in [3.8, 4) is 5.75 Å². The maximum Gasteiger partial charge on any atom is 0.275 e. The Labute approximate surface area is 94.4 Å². The number of nitrogen functional groups attached to an aromatic ring is 1. The van der Waals surface area contributed by atoms with Gasteiger partial charge < -0.3 is 10.5 Å². The highest BCUT2D eigenvalue weighted by molar-refractivity contribution is 5.53. The molecule has 0 aliphatic rings. The zero-order chi connectivity index (χ0) is 12.3. The van der Waals surface area contributed by atoms with E-state index in [0.29, 0.717) is 11.4 Å². The first-order chi connectivity index (χ1) is 7.34. The van der Waals surface area contributed by atoms with Crippen LogP contribution in [-0.4, -0.2) is 10.5 Å². The molecule has 1 aromatic rings. The number of ether oxygens (including phenoxy) is 1. The van der Waals surface area contributed by atoms with E-state index in [1.165, 1.54) is 12.1 Å². The number of nitrogens with two attached hydrogens (primary N) is 1. The molecule has 0 aliphatic heterocycles.